The molecule has 0 aliphatic heterocycles. The maximum Gasteiger partial charge on any atom is 0.433 e. The summed E-state index contributed by atoms with van der Waals surface area (Å²) in [5.41, 5.74) is -0.0436. The largest absolute Gasteiger partial charge is 0.433 e. The molecule has 0 aliphatic carbocycles. The van der Waals surface area contributed by atoms with E-state index in [1.54, 1.807) is 19.1 Å². The predicted molar refractivity (Wildman–Crippen MR) is 56.5 cm³/mol. The van der Waals surface area contributed by atoms with E-state index >= 15 is 0 Å². The fourth-order valence-electron chi connectivity index (χ4n) is 1.46. The lowest BCUT2D eigenvalue weighted by molar-refractivity contribution is -0.140. The van der Waals surface area contributed by atoms with E-state index in [9.17, 15) is 13.2 Å². The summed E-state index contributed by atoms with van der Waals surface area (Å²) in [5.74, 6) is 0. The van der Waals surface area contributed by atoms with E-state index in [4.69, 9.17) is 11.6 Å². The van der Waals surface area contributed by atoms with Crippen LogP contribution in [0.5, 0.6) is 0 Å². The van der Waals surface area contributed by atoms with Crippen molar-refractivity contribution in [1.29, 1.82) is 0 Å². The van der Waals surface area contributed by atoms with Gasteiger partial charge in [0.05, 0.1) is 5.52 Å². The standard InChI is InChI=1S/C11H7ClF3N/c1-6-8(12)4-2-7-3-5-9(11(13,14)15)16-10(6)7/h2-5H,1H3. The van der Waals surface area contributed by atoms with Gasteiger partial charge < -0.3 is 0 Å². The second-order valence-corrected chi connectivity index (χ2v) is 3.85. The van der Waals surface area contributed by atoms with E-state index in [-0.39, 0.29) is 0 Å². The molecule has 84 valence electrons. The SMILES string of the molecule is Cc1c(Cl)ccc2ccc(C(F)(F)F)nc12. The molecule has 0 saturated carbocycles. The van der Waals surface area contributed by atoms with Gasteiger partial charge in [0.25, 0.3) is 0 Å². The van der Waals surface area contributed by atoms with Crippen molar-refractivity contribution in [2.75, 3.05) is 0 Å². The smallest absolute Gasteiger partial charge is 0.243 e. The first-order valence-electron chi connectivity index (χ1n) is 4.52. The molecule has 0 atom stereocenters. The first kappa shape index (κ1) is 11.2. The van der Waals surface area contributed by atoms with Crippen LogP contribution in [0, 0.1) is 6.92 Å². The van der Waals surface area contributed by atoms with Gasteiger partial charge in [-0.25, -0.2) is 4.98 Å². The number of pyridine rings is 1. The highest BCUT2D eigenvalue weighted by atomic mass is 35.5. The molecule has 0 spiro atoms. The molecule has 1 aromatic carbocycles. The van der Waals surface area contributed by atoms with Crippen LogP contribution in [0.4, 0.5) is 13.2 Å². The Morgan fingerprint density at radius 3 is 2.38 bits per heavy atom. The number of aromatic nitrogens is 1. The summed E-state index contributed by atoms with van der Waals surface area (Å²) in [6.07, 6.45) is -4.43. The van der Waals surface area contributed by atoms with Crippen molar-refractivity contribution in [3.8, 4) is 0 Å². The molecule has 1 heterocycles. The van der Waals surface area contributed by atoms with Crippen LogP contribution >= 0.6 is 11.6 Å². The predicted octanol–water partition coefficient (Wildman–Crippen LogP) is 4.22. The van der Waals surface area contributed by atoms with E-state index in [1.807, 2.05) is 0 Å². The number of hydrogen-bond donors (Lipinski definition) is 0. The highest BCUT2D eigenvalue weighted by Crippen LogP contribution is 2.31. The summed E-state index contributed by atoms with van der Waals surface area (Å²) in [4.78, 5) is 3.60. The number of rotatable bonds is 0. The Morgan fingerprint density at radius 1 is 1.12 bits per heavy atom. The highest BCUT2D eigenvalue weighted by molar-refractivity contribution is 6.32. The Kier molecular flexibility index (Phi) is 2.54. The van der Waals surface area contributed by atoms with Gasteiger partial charge in [0.15, 0.2) is 0 Å². The monoisotopic (exact) mass is 245 g/mol. The van der Waals surface area contributed by atoms with Crippen LogP contribution in [0.3, 0.4) is 0 Å². The molecule has 0 radical (unpaired) electrons. The lowest BCUT2D eigenvalue weighted by Crippen LogP contribution is -2.07. The molecule has 5 heteroatoms. The number of halogens is 4. The Bertz CT molecular complexity index is 549. The van der Waals surface area contributed by atoms with Gasteiger partial charge in [0.2, 0.25) is 0 Å². The molecule has 1 nitrogen and oxygen atoms in total. The summed E-state index contributed by atoms with van der Waals surface area (Å²) < 4.78 is 37.4. The van der Waals surface area contributed by atoms with E-state index in [1.165, 1.54) is 6.07 Å². The first-order valence-corrected chi connectivity index (χ1v) is 4.90. The Balaban J connectivity index is 2.74. The minimum atomic E-state index is -4.43. The molecule has 1 aromatic heterocycles. The fraction of sp³-hybridized carbons (Fsp3) is 0.182. The Labute approximate surface area is 94.9 Å². The Morgan fingerprint density at radius 2 is 1.75 bits per heavy atom. The van der Waals surface area contributed by atoms with Gasteiger partial charge in [-0.05, 0) is 24.6 Å². The third-order valence-corrected chi connectivity index (χ3v) is 2.75. The van der Waals surface area contributed by atoms with Crippen molar-refractivity contribution in [2.45, 2.75) is 13.1 Å². The lowest BCUT2D eigenvalue weighted by Gasteiger charge is -2.08. The number of benzene rings is 1. The van der Waals surface area contributed by atoms with Crippen LogP contribution in [-0.4, -0.2) is 4.98 Å². The second-order valence-electron chi connectivity index (χ2n) is 3.44. The topological polar surface area (TPSA) is 12.9 Å². The number of hydrogen-bond acceptors (Lipinski definition) is 1. The van der Waals surface area contributed by atoms with E-state index in [0.29, 0.717) is 21.5 Å². The van der Waals surface area contributed by atoms with Crippen molar-refractivity contribution < 1.29 is 13.2 Å². The number of alkyl halides is 3. The van der Waals surface area contributed by atoms with Gasteiger partial charge in [-0.15, -0.1) is 0 Å². The van der Waals surface area contributed by atoms with Gasteiger partial charge in [-0.3, -0.25) is 0 Å². The molecule has 0 saturated heterocycles. The third kappa shape index (κ3) is 1.85. The molecule has 0 fully saturated rings. The van der Waals surface area contributed by atoms with Gasteiger partial charge >= 0.3 is 6.18 Å². The summed E-state index contributed by atoms with van der Waals surface area (Å²) >= 11 is 5.83. The molecule has 0 amide bonds. The molecule has 0 unspecified atom stereocenters. The van der Waals surface area contributed by atoms with Gasteiger partial charge in [0.1, 0.15) is 5.69 Å². The Hall–Kier alpha value is -1.29. The number of nitrogens with zero attached hydrogens (tertiary/aromatic N) is 1. The highest BCUT2D eigenvalue weighted by Gasteiger charge is 2.32. The van der Waals surface area contributed by atoms with E-state index in [2.05, 4.69) is 4.98 Å². The molecular weight excluding hydrogens is 239 g/mol. The molecular formula is C11H7ClF3N. The molecule has 2 rings (SSSR count). The third-order valence-electron chi connectivity index (χ3n) is 2.34. The maximum atomic E-state index is 12.5. The number of fused-ring (bicyclic) bond motifs is 1. The van der Waals surface area contributed by atoms with Crippen molar-refractivity contribution in [3.63, 3.8) is 0 Å². The quantitative estimate of drug-likeness (QED) is 0.677. The van der Waals surface area contributed by atoms with Crippen LogP contribution < -0.4 is 0 Å². The maximum absolute atomic E-state index is 12.5. The number of aryl methyl sites for hydroxylation is 1. The normalized spacial score (nSPS) is 12.1. The molecule has 0 N–H and O–H groups in total. The zero-order chi connectivity index (χ0) is 11.9. The van der Waals surface area contributed by atoms with Crippen molar-refractivity contribution >= 4 is 22.5 Å². The minimum Gasteiger partial charge on any atom is -0.243 e. The van der Waals surface area contributed by atoms with Crippen molar-refractivity contribution in [3.05, 3.63) is 40.5 Å². The van der Waals surface area contributed by atoms with Crippen molar-refractivity contribution in [2.24, 2.45) is 0 Å². The van der Waals surface area contributed by atoms with Gasteiger partial charge in [-0.1, -0.05) is 23.7 Å². The second kappa shape index (κ2) is 3.63. The van der Waals surface area contributed by atoms with E-state index in [0.717, 1.165) is 6.07 Å². The van der Waals surface area contributed by atoms with E-state index < -0.39 is 11.9 Å². The van der Waals surface area contributed by atoms with Crippen LogP contribution in [0.1, 0.15) is 11.3 Å². The van der Waals surface area contributed by atoms with Gasteiger partial charge in [-0.2, -0.15) is 13.2 Å². The van der Waals surface area contributed by atoms with Crippen LogP contribution in [0.15, 0.2) is 24.3 Å². The van der Waals surface area contributed by atoms with Crippen LogP contribution in [-0.2, 0) is 6.18 Å². The summed E-state index contributed by atoms with van der Waals surface area (Å²) in [7, 11) is 0. The van der Waals surface area contributed by atoms with Gasteiger partial charge in [0, 0.05) is 10.4 Å². The van der Waals surface area contributed by atoms with Crippen molar-refractivity contribution in [1.82, 2.24) is 4.98 Å². The fourth-order valence-corrected chi connectivity index (χ4v) is 1.62. The zero-order valence-electron chi connectivity index (χ0n) is 8.27. The minimum absolute atomic E-state index is 0.294. The summed E-state index contributed by atoms with van der Waals surface area (Å²) in [5, 5.41) is 1.06. The van der Waals surface area contributed by atoms with Crippen LogP contribution in [0.25, 0.3) is 10.9 Å². The molecule has 16 heavy (non-hydrogen) atoms. The zero-order valence-corrected chi connectivity index (χ0v) is 9.02. The van der Waals surface area contributed by atoms with Crippen LogP contribution in [0.2, 0.25) is 5.02 Å². The lowest BCUT2D eigenvalue weighted by atomic mass is 10.1. The molecule has 2 aromatic rings. The average molecular weight is 246 g/mol. The molecule has 0 aliphatic rings. The first-order chi connectivity index (χ1) is 7.39. The molecule has 0 bridgehead atoms. The summed E-state index contributed by atoms with van der Waals surface area (Å²) in [6.45, 7) is 1.65. The summed E-state index contributed by atoms with van der Waals surface area (Å²) in [6, 6.07) is 5.66. The average Bonchev–Trinajstić information content (AvgIpc) is 2.22.